The first kappa shape index (κ1) is 16.8. The molecule has 1 atom stereocenters. The van der Waals surface area contributed by atoms with E-state index in [0.29, 0.717) is 18.0 Å². The van der Waals surface area contributed by atoms with Crippen molar-refractivity contribution in [2.45, 2.75) is 58.5 Å². The molecule has 1 N–H and O–H groups in total. The highest BCUT2D eigenvalue weighted by Crippen LogP contribution is 2.35. The second kappa shape index (κ2) is 6.44. The van der Waals surface area contributed by atoms with Gasteiger partial charge < -0.3 is 5.32 Å². The van der Waals surface area contributed by atoms with Crippen LogP contribution in [0.15, 0.2) is 24.3 Å². The lowest BCUT2D eigenvalue weighted by molar-refractivity contribution is 0.198. The van der Waals surface area contributed by atoms with E-state index in [4.69, 9.17) is 0 Å². The Bertz CT molecular complexity index is 655. The van der Waals surface area contributed by atoms with Gasteiger partial charge in [-0.25, -0.2) is 8.42 Å². The fourth-order valence-corrected chi connectivity index (χ4v) is 5.44. The lowest BCUT2D eigenvalue weighted by atomic mass is 9.75. The molecule has 23 heavy (non-hydrogen) atoms. The van der Waals surface area contributed by atoms with Crippen molar-refractivity contribution in [3.8, 4) is 0 Å². The molecule has 0 aromatic heterocycles. The molecule has 1 heterocycles. The van der Waals surface area contributed by atoms with Gasteiger partial charge in [-0.2, -0.15) is 0 Å². The number of anilines is 1. The SMILES string of the molecule is CC1(C)CCCC(NCc2cccc(N3CCCS3(=O)=O)c2)C1. The minimum atomic E-state index is -3.09. The van der Waals surface area contributed by atoms with Crippen LogP contribution in [0.5, 0.6) is 0 Å². The summed E-state index contributed by atoms with van der Waals surface area (Å²) in [6, 6.07) is 8.52. The fraction of sp³-hybridized carbons (Fsp3) is 0.667. The molecular weight excluding hydrogens is 308 g/mol. The highest BCUT2D eigenvalue weighted by molar-refractivity contribution is 7.93. The van der Waals surface area contributed by atoms with Gasteiger partial charge in [-0.15, -0.1) is 0 Å². The van der Waals surface area contributed by atoms with Gasteiger partial charge in [-0.3, -0.25) is 4.31 Å². The van der Waals surface area contributed by atoms with Crippen LogP contribution in [-0.2, 0) is 16.6 Å². The summed E-state index contributed by atoms with van der Waals surface area (Å²) in [6.45, 7) is 6.11. The van der Waals surface area contributed by atoms with E-state index in [1.54, 1.807) is 4.31 Å². The minimum Gasteiger partial charge on any atom is -0.310 e. The summed E-state index contributed by atoms with van der Waals surface area (Å²) in [6.07, 6.45) is 5.78. The van der Waals surface area contributed by atoms with Crippen LogP contribution >= 0.6 is 0 Å². The van der Waals surface area contributed by atoms with E-state index in [1.807, 2.05) is 18.2 Å². The molecule has 0 bridgehead atoms. The molecule has 1 aliphatic carbocycles. The summed E-state index contributed by atoms with van der Waals surface area (Å²) in [5, 5.41) is 3.66. The Morgan fingerprint density at radius 1 is 1.30 bits per heavy atom. The Morgan fingerprint density at radius 3 is 2.83 bits per heavy atom. The molecule has 4 nitrogen and oxygen atoms in total. The Morgan fingerprint density at radius 2 is 2.13 bits per heavy atom. The molecule has 128 valence electrons. The van der Waals surface area contributed by atoms with Crippen LogP contribution in [0, 0.1) is 5.41 Å². The van der Waals surface area contributed by atoms with Gasteiger partial charge in [0.05, 0.1) is 11.4 Å². The van der Waals surface area contributed by atoms with Gasteiger partial charge in [-0.05, 0) is 48.8 Å². The largest absolute Gasteiger partial charge is 0.310 e. The predicted octanol–water partition coefficient (Wildman–Crippen LogP) is 3.28. The number of benzene rings is 1. The van der Waals surface area contributed by atoms with E-state index in [9.17, 15) is 8.42 Å². The summed E-state index contributed by atoms with van der Waals surface area (Å²) in [7, 11) is -3.09. The number of nitrogens with one attached hydrogen (secondary N) is 1. The number of hydrogen-bond donors (Lipinski definition) is 1. The van der Waals surface area contributed by atoms with Gasteiger partial charge in [0.2, 0.25) is 10.0 Å². The number of hydrogen-bond acceptors (Lipinski definition) is 3. The zero-order chi connectivity index (χ0) is 16.5. The average Bonchev–Trinajstić information content (AvgIpc) is 2.84. The summed E-state index contributed by atoms with van der Waals surface area (Å²) in [4.78, 5) is 0. The van der Waals surface area contributed by atoms with Crippen molar-refractivity contribution in [1.29, 1.82) is 0 Å². The molecule has 0 amide bonds. The molecule has 1 saturated carbocycles. The third-order valence-corrected chi connectivity index (χ3v) is 6.97. The van der Waals surface area contributed by atoms with E-state index in [-0.39, 0.29) is 5.75 Å². The molecule has 2 aliphatic rings. The molecule has 0 spiro atoms. The van der Waals surface area contributed by atoms with Gasteiger partial charge >= 0.3 is 0 Å². The maximum absolute atomic E-state index is 12.1. The van der Waals surface area contributed by atoms with Crippen molar-refractivity contribution < 1.29 is 8.42 Å². The first-order valence-electron chi connectivity index (χ1n) is 8.69. The van der Waals surface area contributed by atoms with Crippen molar-refractivity contribution in [3.05, 3.63) is 29.8 Å². The van der Waals surface area contributed by atoms with E-state index in [2.05, 4.69) is 25.2 Å². The molecule has 5 heteroatoms. The highest BCUT2D eigenvalue weighted by atomic mass is 32.2. The van der Waals surface area contributed by atoms with E-state index < -0.39 is 10.0 Å². The summed E-state index contributed by atoms with van der Waals surface area (Å²) < 4.78 is 25.7. The number of sulfonamides is 1. The first-order chi connectivity index (χ1) is 10.9. The minimum absolute atomic E-state index is 0.270. The summed E-state index contributed by atoms with van der Waals surface area (Å²) in [5.41, 5.74) is 2.40. The molecule has 1 aromatic carbocycles. The monoisotopic (exact) mass is 336 g/mol. The van der Waals surface area contributed by atoms with Crippen molar-refractivity contribution in [2.24, 2.45) is 5.41 Å². The lowest BCUT2D eigenvalue weighted by Gasteiger charge is -2.35. The summed E-state index contributed by atoms with van der Waals surface area (Å²) in [5.74, 6) is 0.270. The van der Waals surface area contributed by atoms with Gasteiger partial charge in [0, 0.05) is 19.1 Å². The van der Waals surface area contributed by atoms with Gasteiger partial charge in [-0.1, -0.05) is 32.4 Å². The second-order valence-electron chi connectivity index (χ2n) is 7.75. The Balaban J connectivity index is 1.64. The average molecular weight is 337 g/mol. The topological polar surface area (TPSA) is 49.4 Å². The normalized spacial score (nSPS) is 26.3. The van der Waals surface area contributed by atoms with Crippen molar-refractivity contribution >= 4 is 15.7 Å². The Hall–Kier alpha value is -1.07. The van der Waals surface area contributed by atoms with Gasteiger partial charge in [0.1, 0.15) is 0 Å². The van der Waals surface area contributed by atoms with Crippen LogP contribution in [0.3, 0.4) is 0 Å². The van der Waals surface area contributed by atoms with E-state index in [0.717, 1.165) is 24.2 Å². The smallest absolute Gasteiger partial charge is 0.235 e. The molecule has 2 fully saturated rings. The van der Waals surface area contributed by atoms with Crippen LogP contribution in [0.2, 0.25) is 0 Å². The Labute approximate surface area is 140 Å². The second-order valence-corrected chi connectivity index (χ2v) is 9.76. The predicted molar refractivity (Wildman–Crippen MR) is 95.1 cm³/mol. The molecule has 1 saturated heterocycles. The van der Waals surface area contributed by atoms with Gasteiger partial charge in [0.25, 0.3) is 0 Å². The quantitative estimate of drug-likeness (QED) is 0.918. The van der Waals surface area contributed by atoms with E-state index >= 15 is 0 Å². The number of rotatable bonds is 4. The van der Waals surface area contributed by atoms with Gasteiger partial charge in [0.15, 0.2) is 0 Å². The third-order valence-electron chi connectivity index (χ3n) is 5.10. The van der Waals surface area contributed by atoms with Crippen LogP contribution in [0.25, 0.3) is 0 Å². The molecule has 1 aromatic rings. The number of nitrogens with zero attached hydrogens (tertiary/aromatic N) is 1. The molecule has 3 rings (SSSR count). The van der Waals surface area contributed by atoms with Crippen LogP contribution in [0.1, 0.15) is 51.5 Å². The maximum atomic E-state index is 12.1. The lowest BCUT2D eigenvalue weighted by Crippen LogP contribution is -2.36. The standard InChI is InChI=1S/C18H28N2O2S/c1-18(2)9-4-7-16(13-18)19-14-15-6-3-8-17(12-15)20-10-5-11-23(20,21)22/h3,6,8,12,16,19H,4-5,7,9-11,13-14H2,1-2H3. The molecule has 0 radical (unpaired) electrons. The van der Waals surface area contributed by atoms with Crippen molar-refractivity contribution in [1.82, 2.24) is 5.32 Å². The van der Waals surface area contributed by atoms with Crippen LogP contribution in [0.4, 0.5) is 5.69 Å². The van der Waals surface area contributed by atoms with Crippen molar-refractivity contribution in [3.63, 3.8) is 0 Å². The zero-order valence-corrected chi connectivity index (χ0v) is 15.0. The van der Waals surface area contributed by atoms with Crippen LogP contribution in [-0.4, -0.2) is 26.8 Å². The fourth-order valence-electron chi connectivity index (χ4n) is 3.89. The molecule has 1 aliphatic heterocycles. The van der Waals surface area contributed by atoms with Crippen molar-refractivity contribution in [2.75, 3.05) is 16.6 Å². The highest BCUT2D eigenvalue weighted by Gasteiger charge is 2.29. The van der Waals surface area contributed by atoms with Crippen LogP contribution < -0.4 is 9.62 Å². The summed E-state index contributed by atoms with van der Waals surface area (Å²) >= 11 is 0. The zero-order valence-electron chi connectivity index (χ0n) is 14.2. The third kappa shape index (κ3) is 4.07. The maximum Gasteiger partial charge on any atom is 0.235 e. The molecular formula is C18H28N2O2S. The Kier molecular flexibility index (Phi) is 4.70. The van der Waals surface area contributed by atoms with E-state index in [1.165, 1.54) is 25.7 Å². The first-order valence-corrected chi connectivity index (χ1v) is 10.3. The molecule has 1 unspecified atom stereocenters.